The first-order chi connectivity index (χ1) is 19.0. The summed E-state index contributed by atoms with van der Waals surface area (Å²) in [4.78, 5) is 28.4. The Morgan fingerprint density at radius 1 is 0.600 bits per heavy atom. The smallest absolute Gasteiger partial charge is 0.323 e. The highest BCUT2D eigenvalue weighted by molar-refractivity contribution is 8.76. The first-order valence-electron chi connectivity index (χ1n) is 11.0. The number of nitrogens with two attached hydrogens (primary N) is 2. The molecule has 0 bridgehead atoms. The van der Waals surface area contributed by atoms with Gasteiger partial charge in [0, 0.05) is 19.8 Å². The lowest BCUT2D eigenvalue weighted by Gasteiger charge is -2.25. The average molecular weight is 660 g/mol. The average Bonchev–Trinajstić information content (AvgIpc) is 2.88. The summed E-state index contributed by atoms with van der Waals surface area (Å²) in [6.07, 6.45) is 0. The molecule has 4 aromatic carbocycles. The van der Waals surface area contributed by atoms with E-state index in [4.69, 9.17) is 57.9 Å². The van der Waals surface area contributed by atoms with Crippen molar-refractivity contribution >= 4 is 103 Å². The zero-order chi connectivity index (χ0) is 29.1. The Labute approximate surface area is 255 Å². The molecule has 0 aromatic heterocycles. The summed E-state index contributed by atoms with van der Waals surface area (Å²) < 4.78 is 27.6. The second-order valence-electron chi connectivity index (χ2n) is 7.93. The maximum absolute atomic E-state index is 13.8. The number of primary amides is 2. The minimum absolute atomic E-state index is 0.201. The van der Waals surface area contributed by atoms with Crippen molar-refractivity contribution in [1.29, 1.82) is 0 Å². The number of anilines is 4. The summed E-state index contributed by atoms with van der Waals surface area (Å²) in [6.45, 7) is 0. The molecular weight excluding hydrogens is 644 g/mol. The lowest BCUT2D eigenvalue weighted by molar-refractivity contribution is 0.255. The number of halogens is 6. The number of amides is 4. The van der Waals surface area contributed by atoms with Gasteiger partial charge in [-0.3, -0.25) is 9.80 Å². The van der Waals surface area contributed by atoms with Crippen LogP contribution < -0.4 is 21.3 Å². The predicted molar refractivity (Wildman–Crippen MR) is 161 cm³/mol. The van der Waals surface area contributed by atoms with Gasteiger partial charge in [0.05, 0.1) is 32.8 Å². The van der Waals surface area contributed by atoms with Gasteiger partial charge in [-0.05, 0) is 72.8 Å². The van der Waals surface area contributed by atoms with E-state index < -0.39 is 23.7 Å². The van der Waals surface area contributed by atoms with E-state index >= 15 is 0 Å². The molecule has 0 atom stereocenters. The molecule has 0 aliphatic heterocycles. The largest absolute Gasteiger partial charge is 0.351 e. The van der Waals surface area contributed by atoms with Gasteiger partial charge in [0.1, 0.15) is 11.6 Å². The van der Waals surface area contributed by atoms with Crippen LogP contribution in [-0.2, 0) is 0 Å². The minimum atomic E-state index is -0.864. The molecule has 206 valence electrons. The van der Waals surface area contributed by atoms with Crippen LogP contribution >= 0.6 is 68.0 Å². The van der Waals surface area contributed by atoms with Crippen molar-refractivity contribution in [2.24, 2.45) is 11.5 Å². The number of rotatable bonds is 7. The first-order valence-corrected chi connectivity index (χ1v) is 14.6. The van der Waals surface area contributed by atoms with Crippen molar-refractivity contribution in [3.05, 3.63) is 105 Å². The number of hydrogen-bond acceptors (Lipinski definition) is 4. The second-order valence-corrected chi connectivity index (χ2v) is 11.8. The normalized spacial score (nSPS) is 10.8. The van der Waals surface area contributed by atoms with Crippen molar-refractivity contribution in [2.45, 2.75) is 9.79 Å². The van der Waals surface area contributed by atoms with Gasteiger partial charge >= 0.3 is 12.1 Å². The van der Waals surface area contributed by atoms with Crippen LogP contribution in [0.15, 0.2) is 82.6 Å². The van der Waals surface area contributed by atoms with E-state index in [1.54, 1.807) is 24.3 Å². The molecule has 0 heterocycles. The maximum atomic E-state index is 13.8. The first kappa shape index (κ1) is 30.1. The van der Waals surface area contributed by atoms with Crippen molar-refractivity contribution < 1.29 is 18.4 Å². The Hall–Kier alpha value is -2.86. The third-order valence-corrected chi connectivity index (χ3v) is 8.82. The SMILES string of the molecule is NC(=O)N(c1ccc(F)c(Cl)c1)c1cc(Cl)ccc1SSc1ccc(Cl)cc1N(C(N)=O)c1ccc(F)c(Cl)c1. The van der Waals surface area contributed by atoms with Crippen LogP contribution in [0, 0.1) is 11.6 Å². The molecule has 4 amide bonds. The van der Waals surface area contributed by atoms with Crippen LogP contribution in [-0.4, -0.2) is 12.1 Å². The summed E-state index contributed by atoms with van der Waals surface area (Å²) in [5, 5.41) is 0.216. The van der Waals surface area contributed by atoms with Crippen molar-refractivity contribution in [1.82, 2.24) is 0 Å². The van der Waals surface area contributed by atoms with Crippen LogP contribution in [0.2, 0.25) is 20.1 Å². The molecule has 0 spiro atoms. The Bertz CT molecular complexity index is 1510. The topological polar surface area (TPSA) is 92.7 Å². The van der Waals surface area contributed by atoms with Gasteiger partial charge in [-0.1, -0.05) is 68.0 Å². The molecule has 40 heavy (non-hydrogen) atoms. The third kappa shape index (κ3) is 6.71. The van der Waals surface area contributed by atoms with Crippen molar-refractivity contribution in [2.75, 3.05) is 9.80 Å². The number of nitrogens with zero attached hydrogens (tertiary/aromatic N) is 2. The zero-order valence-electron chi connectivity index (χ0n) is 19.9. The van der Waals surface area contributed by atoms with Gasteiger partial charge in [0.2, 0.25) is 0 Å². The molecule has 0 radical (unpaired) electrons. The summed E-state index contributed by atoms with van der Waals surface area (Å²) in [6, 6.07) is 15.3. The van der Waals surface area contributed by atoms with E-state index in [2.05, 4.69) is 0 Å². The Morgan fingerprint density at radius 2 is 0.975 bits per heavy atom. The van der Waals surface area contributed by atoms with E-state index in [0.29, 0.717) is 31.2 Å². The number of carbonyl (C=O) groups excluding carboxylic acids is 2. The molecule has 4 N–H and O–H groups in total. The summed E-state index contributed by atoms with van der Waals surface area (Å²) in [7, 11) is 2.40. The van der Waals surface area contributed by atoms with Crippen molar-refractivity contribution in [3.63, 3.8) is 0 Å². The Morgan fingerprint density at radius 3 is 1.30 bits per heavy atom. The Balaban J connectivity index is 1.75. The lowest BCUT2D eigenvalue weighted by atomic mass is 10.2. The Kier molecular flexibility index (Phi) is 9.60. The van der Waals surface area contributed by atoms with Gasteiger partial charge in [0.15, 0.2) is 0 Å². The molecule has 14 heteroatoms. The number of urea groups is 2. The molecule has 0 saturated heterocycles. The standard InChI is InChI=1S/C26H16Cl4F2N4O2S2/c27-13-1-7-23(21(9-13)35(25(33)37)15-3-5-19(31)17(29)11-15)39-40-24-8-2-14(28)10-22(24)36(26(34)38)16-4-6-20(32)18(30)12-16/h1-12H,(H2,33,37)(H2,34,38). The minimum Gasteiger partial charge on any atom is -0.351 e. The van der Waals surface area contributed by atoms with Gasteiger partial charge in [0.25, 0.3) is 0 Å². The summed E-state index contributed by atoms with van der Waals surface area (Å²) >= 11 is 24.4. The molecule has 0 aliphatic carbocycles. The molecular formula is C26H16Cl4F2N4O2S2. The highest BCUT2D eigenvalue weighted by atomic mass is 35.5. The third-order valence-electron chi connectivity index (χ3n) is 5.31. The van der Waals surface area contributed by atoms with E-state index in [1.807, 2.05) is 0 Å². The summed E-state index contributed by atoms with van der Waals surface area (Å²) in [5.41, 5.74) is 12.4. The summed E-state index contributed by atoms with van der Waals surface area (Å²) in [5.74, 6) is -1.33. The highest BCUT2D eigenvalue weighted by Gasteiger charge is 2.24. The van der Waals surface area contributed by atoms with E-state index in [1.165, 1.54) is 58.0 Å². The van der Waals surface area contributed by atoms with E-state index in [-0.39, 0.29) is 21.4 Å². The number of hydrogen-bond donors (Lipinski definition) is 2. The van der Waals surface area contributed by atoms with Crippen LogP contribution in [0.4, 0.5) is 41.1 Å². The van der Waals surface area contributed by atoms with Crippen molar-refractivity contribution in [3.8, 4) is 0 Å². The molecule has 4 aromatic rings. The van der Waals surface area contributed by atoms with Gasteiger partial charge in [-0.2, -0.15) is 0 Å². The second kappa shape index (κ2) is 12.8. The fourth-order valence-corrected chi connectivity index (χ4v) is 6.54. The van der Waals surface area contributed by atoms with E-state index in [9.17, 15) is 18.4 Å². The lowest BCUT2D eigenvalue weighted by Crippen LogP contribution is -2.32. The monoisotopic (exact) mass is 658 g/mol. The molecule has 0 unspecified atom stereocenters. The fraction of sp³-hybridized carbons (Fsp3) is 0. The van der Waals surface area contributed by atoms with Crippen LogP contribution in [0.5, 0.6) is 0 Å². The van der Waals surface area contributed by atoms with Crippen LogP contribution in [0.3, 0.4) is 0 Å². The van der Waals surface area contributed by atoms with Crippen LogP contribution in [0.1, 0.15) is 0 Å². The van der Waals surface area contributed by atoms with E-state index in [0.717, 1.165) is 21.9 Å². The quantitative estimate of drug-likeness (QED) is 0.193. The van der Waals surface area contributed by atoms with Crippen LogP contribution in [0.25, 0.3) is 0 Å². The van der Waals surface area contributed by atoms with Gasteiger partial charge < -0.3 is 11.5 Å². The fourth-order valence-electron chi connectivity index (χ4n) is 3.58. The zero-order valence-corrected chi connectivity index (χ0v) is 24.5. The number of carbonyl (C=O) groups is 2. The molecule has 4 rings (SSSR count). The predicted octanol–water partition coefficient (Wildman–Crippen LogP) is 9.81. The van der Waals surface area contributed by atoms with Gasteiger partial charge in [-0.25, -0.2) is 18.4 Å². The van der Waals surface area contributed by atoms with Gasteiger partial charge in [-0.15, -0.1) is 0 Å². The number of benzene rings is 4. The molecule has 0 fully saturated rings. The molecule has 0 aliphatic rings. The molecule has 6 nitrogen and oxygen atoms in total. The molecule has 0 saturated carbocycles. The maximum Gasteiger partial charge on any atom is 0.323 e. The highest BCUT2D eigenvalue weighted by Crippen LogP contribution is 2.48.